The van der Waals surface area contributed by atoms with E-state index in [2.05, 4.69) is 34.3 Å². The van der Waals surface area contributed by atoms with Crippen molar-refractivity contribution < 1.29 is 4.79 Å². The van der Waals surface area contributed by atoms with Crippen LogP contribution in [0.2, 0.25) is 0 Å². The van der Waals surface area contributed by atoms with Gasteiger partial charge in [0.2, 0.25) is 5.91 Å². The van der Waals surface area contributed by atoms with Crippen molar-refractivity contribution in [1.82, 2.24) is 4.90 Å². The number of anilines is 2. The van der Waals surface area contributed by atoms with E-state index in [1.54, 1.807) is 0 Å². The lowest BCUT2D eigenvalue weighted by atomic mass is 10.1. The number of carbonyl (C=O) groups is 1. The summed E-state index contributed by atoms with van der Waals surface area (Å²) >= 11 is 0. The van der Waals surface area contributed by atoms with Crippen molar-refractivity contribution in [2.24, 2.45) is 5.73 Å². The molecule has 1 amide bonds. The van der Waals surface area contributed by atoms with Gasteiger partial charge in [-0.25, -0.2) is 0 Å². The average molecular weight is 324 g/mol. The molecular formula is C19H24N4O. The molecule has 0 aliphatic carbocycles. The molecule has 1 atom stereocenters. The van der Waals surface area contributed by atoms with E-state index < -0.39 is 6.04 Å². The van der Waals surface area contributed by atoms with Crippen LogP contribution in [0, 0.1) is 0 Å². The number of nitrogens with one attached hydrogen (secondary N) is 1. The Hall–Kier alpha value is -2.37. The standard InChI is InChI=1S/C19H24N4O/c1-22-11-13-23(14-12-22)17-9-7-16(8-10-17)21-19(24)18(20)15-5-3-2-4-6-15/h2-10,18H,11-14,20H2,1H3,(H,21,24)/t18-/m0/s1. The molecule has 5 nitrogen and oxygen atoms in total. The van der Waals surface area contributed by atoms with Crippen LogP contribution >= 0.6 is 0 Å². The van der Waals surface area contributed by atoms with Crippen molar-refractivity contribution in [2.75, 3.05) is 43.4 Å². The van der Waals surface area contributed by atoms with Crippen LogP contribution < -0.4 is 16.0 Å². The second-order valence-electron chi connectivity index (χ2n) is 6.21. The Morgan fingerprint density at radius 2 is 1.62 bits per heavy atom. The van der Waals surface area contributed by atoms with Crippen molar-refractivity contribution in [3.8, 4) is 0 Å². The smallest absolute Gasteiger partial charge is 0.245 e. The van der Waals surface area contributed by atoms with Gasteiger partial charge < -0.3 is 20.9 Å². The molecule has 0 unspecified atom stereocenters. The lowest BCUT2D eigenvalue weighted by Gasteiger charge is -2.34. The van der Waals surface area contributed by atoms with E-state index in [0.717, 1.165) is 37.4 Å². The minimum absolute atomic E-state index is 0.200. The van der Waals surface area contributed by atoms with Crippen LogP contribution in [-0.2, 0) is 4.79 Å². The van der Waals surface area contributed by atoms with E-state index in [0.29, 0.717) is 0 Å². The molecule has 3 rings (SSSR count). The topological polar surface area (TPSA) is 61.6 Å². The van der Waals surface area contributed by atoms with Gasteiger partial charge in [0.25, 0.3) is 0 Å². The summed E-state index contributed by atoms with van der Waals surface area (Å²) in [6.45, 7) is 4.21. The summed E-state index contributed by atoms with van der Waals surface area (Å²) in [6, 6.07) is 16.7. The average Bonchev–Trinajstić information content (AvgIpc) is 2.63. The Morgan fingerprint density at radius 1 is 1.00 bits per heavy atom. The van der Waals surface area contributed by atoms with Gasteiger partial charge in [-0.3, -0.25) is 4.79 Å². The Labute approximate surface area is 143 Å². The van der Waals surface area contributed by atoms with Crippen molar-refractivity contribution in [1.29, 1.82) is 0 Å². The van der Waals surface area contributed by atoms with Crippen molar-refractivity contribution in [3.63, 3.8) is 0 Å². The van der Waals surface area contributed by atoms with E-state index in [9.17, 15) is 4.79 Å². The highest BCUT2D eigenvalue weighted by atomic mass is 16.2. The van der Waals surface area contributed by atoms with Crippen LogP contribution in [0.25, 0.3) is 0 Å². The van der Waals surface area contributed by atoms with Gasteiger partial charge in [-0.05, 0) is 36.9 Å². The van der Waals surface area contributed by atoms with E-state index in [1.165, 1.54) is 5.69 Å². The summed E-state index contributed by atoms with van der Waals surface area (Å²) in [5.74, 6) is -0.200. The summed E-state index contributed by atoms with van der Waals surface area (Å²) in [5, 5.41) is 2.89. The minimum atomic E-state index is -0.663. The Morgan fingerprint density at radius 3 is 2.25 bits per heavy atom. The van der Waals surface area contributed by atoms with Gasteiger partial charge in [-0.1, -0.05) is 30.3 Å². The molecular weight excluding hydrogens is 300 g/mol. The Kier molecular flexibility index (Phi) is 5.13. The summed E-state index contributed by atoms with van der Waals surface area (Å²) in [5.41, 5.74) is 8.79. The van der Waals surface area contributed by atoms with E-state index in [4.69, 9.17) is 5.73 Å². The number of hydrogen-bond donors (Lipinski definition) is 2. The van der Waals surface area contributed by atoms with Crippen LogP contribution in [-0.4, -0.2) is 44.0 Å². The molecule has 2 aromatic rings. The molecule has 0 aromatic heterocycles. The lowest BCUT2D eigenvalue weighted by molar-refractivity contribution is -0.117. The van der Waals surface area contributed by atoms with E-state index in [1.807, 2.05) is 42.5 Å². The Balaban J connectivity index is 1.61. The molecule has 1 heterocycles. The number of carbonyl (C=O) groups excluding carboxylic acids is 1. The zero-order valence-corrected chi connectivity index (χ0v) is 14.0. The summed E-state index contributed by atoms with van der Waals surface area (Å²) in [7, 11) is 2.14. The van der Waals surface area contributed by atoms with Crippen molar-refractivity contribution in [2.45, 2.75) is 6.04 Å². The number of hydrogen-bond acceptors (Lipinski definition) is 4. The van der Waals surface area contributed by atoms with Crippen LogP contribution in [0.15, 0.2) is 54.6 Å². The SMILES string of the molecule is CN1CCN(c2ccc(NC(=O)[C@@H](N)c3ccccc3)cc2)CC1. The minimum Gasteiger partial charge on any atom is -0.369 e. The fourth-order valence-corrected chi connectivity index (χ4v) is 2.85. The van der Waals surface area contributed by atoms with Gasteiger partial charge in [0.15, 0.2) is 0 Å². The molecule has 0 saturated carbocycles. The molecule has 0 bridgehead atoms. The number of amides is 1. The van der Waals surface area contributed by atoms with Crippen LogP contribution in [0.5, 0.6) is 0 Å². The second kappa shape index (κ2) is 7.47. The molecule has 0 spiro atoms. The summed E-state index contributed by atoms with van der Waals surface area (Å²) in [4.78, 5) is 17.0. The van der Waals surface area contributed by atoms with Gasteiger partial charge in [0, 0.05) is 37.6 Å². The maximum Gasteiger partial charge on any atom is 0.245 e. The molecule has 24 heavy (non-hydrogen) atoms. The molecule has 126 valence electrons. The van der Waals surface area contributed by atoms with Crippen molar-refractivity contribution >= 4 is 17.3 Å². The highest BCUT2D eigenvalue weighted by Gasteiger charge is 2.16. The summed E-state index contributed by atoms with van der Waals surface area (Å²) in [6.07, 6.45) is 0. The first-order chi connectivity index (χ1) is 11.6. The molecule has 1 saturated heterocycles. The van der Waals surface area contributed by atoms with E-state index >= 15 is 0 Å². The third-order valence-corrected chi connectivity index (χ3v) is 4.44. The number of rotatable bonds is 4. The number of benzene rings is 2. The number of likely N-dealkylation sites (N-methyl/N-ethyl adjacent to an activating group) is 1. The van der Waals surface area contributed by atoms with Crippen molar-refractivity contribution in [3.05, 3.63) is 60.2 Å². The van der Waals surface area contributed by atoms with Crippen LogP contribution in [0.3, 0.4) is 0 Å². The first-order valence-corrected chi connectivity index (χ1v) is 8.28. The predicted molar refractivity (Wildman–Crippen MR) is 98.2 cm³/mol. The second-order valence-corrected chi connectivity index (χ2v) is 6.21. The van der Waals surface area contributed by atoms with Crippen LogP contribution in [0.4, 0.5) is 11.4 Å². The summed E-state index contributed by atoms with van der Waals surface area (Å²) < 4.78 is 0. The molecule has 2 aromatic carbocycles. The quantitative estimate of drug-likeness (QED) is 0.904. The lowest BCUT2D eigenvalue weighted by Crippen LogP contribution is -2.44. The number of nitrogens with two attached hydrogens (primary N) is 1. The maximum absolute atomic E-state index is 12.3. The fraction of sp³-hybridized carbons (Fsp3) is 0.316. The monoisotopic (exact) mass is 324 g/mol. The predicted octanol–water partition coefficient (Wildman–Crippen LogP) is 2.08. The first kappa shape index (κ1) is 16.5. The van der Waals surface area contributed by atoms with Gasteiger partial charge >= 0.3 is 0 Å². The highest BCUT2D eigenvalue weighted by molar-refractivity contribution is 5.95. The Bertz CT molecular complexity index is 664. The largest absolute Gasteiger partial charge is 0.369 e. The van der Waals surface area contributed by atoms with Crippen LogP contribution in [0.1, 0.15) is 11.6 Å². The first-order valence-electron chi connectivity index (χ1n) is 8.28. The molecule has 1 aliphatic rings. The molecule has 0 radical (unpaired) electrons. The third kappa shape index (κ3) is 3.93. The van der Waals surface area contributed by atoms with Gasteiger partial charge in [-0.2, -0.15) is 0 Å². The fourth-order valence-electron chi connectivity index (χ4n) is 2.85. The van der Waals surface area contributed by atoms with Gasteiger partial charge in [0.05, 0.1) is 0 Å². The zero-order chi connectivity index (χ0) is 16.9. The van der Waals surface area contributed by atoms with Gasteiger partial charge in [-0.15, -0.1) is 0 Å². The maximum atomic E-state index is 12.3. The number of nitrogens with zero attached hydrogens (tertiary/aromatic N) is 2. The molecule has 1 fully saturated rings. The van der Waals surface area contributed by atoms with Gasteiger partial charge in [0.1, 0.15) is 6.04 Å². The molecule has 5 heteroatoms. The highest BCUT2D eigenvalue weighted by Crippen LogP contribution is 2.20. The zero-order valence-electron chi connectivity index (χ0n) is 14.0. The number of piperazine rings is 1. The third-order valence-electron chi connectivity index (χ3n) is 4.44. The van der Waals surface area contributed by atoms with E-state index in [-0.39, 0.29) is 5.91 Å². The molecule has 3 N–H and O–H groups in total. The molecule has 1 aliphatic heterocycles. The normalized spacial score (nSPS) is 16.7.